The molecule has 5 nitrogen and oxygen atoms in total. The van der Waals surface area contributed by atoms with E-state index in [1.54, 1.807) is 17.0 Å². The molecule has 1 aromatic rings. The van der Waals surface area contributed by atoms with Crippen LogP contribution in [0.3, 0.4) is 0 Å². The lowest BCUT2D eigenvalue weighted by molar-refractivity contribution is -0.132. The quantitative estimate of drug-likeness (QED) is 0.837. The van der Waals surface area contributed by atoms with Gasteiger partial charge in [-0.1, -0.05) is 11.6 Å². The van der Waals surface area contributed by atoms with Crippen LogP contribution < -0.4 is 15.2 Å². The molecule has 0 aromatic heterocycles. The van der Waals surface area contributed by atoms with Gasteiger partial charge in [0.25, 0.3) is 5.91 Å². The summed E-state index contributed by atoms with van der Waals surface area (Å²) in [4.78, 5) is 13.6. The molecule has 20 heavy (non-hydrogen) atoms. The van der Waals surface area contributed by atoms with E-state index in [1.165, 1.54) is 7.11 Å². The zero-order chi connectivity index (χ0) is 15.1. The number of carbonyl (C=O) groups is 1. The minimum atomic E-state index is -0.0870. The smallest absolute Gasteiger partial charge is 0.260 e. The summed E-state index contributed by atoms with van der Waals surface area (Å²) in [6.45, 7) is 5.43. The van der Waals surface area contributed by atoms with Gasteiger partial charge in [-0.15, -0.1) is 0 Å². The summed E-state index contributed by atoms with van der Waals surface area (Å²) in [6.07, 6.45) is 0. The Labute approximate surface area is 124 Å². The molecule has 0 radical (unpaired) electrons. The number of nitrogens with zero attached hydrogens (tertiary/aromatic N) is 1. The van der Waals surface area contributed by atoms with Crippen molar-refractivity contribution >= 4 is 17.5 Å². The average molecular weight is 301 g/mol. The fraction of sp³-hybridized carbons (Fsp3) is 0.500. The minimum Gasteiger partial charge on any atom is -0.493 e. The Morgan fingerprint density at radius 1 is 1.35 bits per heavy atom. The molecule has 0 unspecified atom stereocenters. The van der Waals surface area contributed by atoms with Crippen LogP contribution in [0.2, 0.25) is 5.02 Å². The van der Waals surface area contributed by atoms with Crippen molar-refractivity contribution < 1.29 is 14.3 Å². The van der Waals surface area contributed by atoms with Gasteiger partial charge in [0.2, 0.25) is 0 Å². The van der Waals surface area contributed by atoms with Gasteiger partial charge in [0, 0.05) is 19.6 Å². The zero-order valence-electron chi connectivity index (χ0n) is 12.1. The van der Waals surface area contributed by atoms with Crippen LogP contribution in [0.1, 0.15) is 19.4 Å². The molecule has 0 bridgehead atoms. The zero-order valence-corrected chi connectivity index (χ0v) is 12.9. The van der Waals surface area contributed by atoms with E-state index in [-0.39, 0.29) is 12.5 Å². The molecule has 1 aromatic carbocycles. The van der Waals surface area contributed by atoms with Gasteiger partial charge >= 0.3 is 0 Å². The second-order valence-electron chi connectivity index (χ2n) is 4.17. The maximum atomic E-state index is 11.9. The maximum Gasteiger partial charge on any atom is 0.260 e. The number of nitrogens with two attached hydrogens (primary N) is 1. The molecule has 6 heteroatoms. The molecule has 0 aliphatic heterocycles. The standard InChI is InChI=1S/C14H21ClN2O3/c1-4-17(5-2)13(18)9-20-14-11(15)6-10(8-16)7-12(14)19-3/h6-7H,4-5,8-9,16H2,1-3H3. The first-order chi connectivity index (χ1) is 9.57. The van der Waals surface area contributed by atoms with Gasteiger partial charge in [0.15, 0.2) is 18.1 Å². The predicted octanol–water partition coefficient (Wildman–Crippen LogP) is 2.05. The topological polar surface area (TPSA) is 64.8 Å². The molecular weight excluding hydrogens is 280 g/mol. The summed E-state index contributed by atoms with van der Waals surface area (Å²) < 4.78 is 10.7. The Balaban J connectivity index is 2.84. The molecule has 1 amide bonds. The van der Waals surface area contributed by atoms with Crippen molar-refractivity contribution in [2.24, 2.45) is 5.73 Å². The van der Waals surface area contributed by atoms with Crippen LogP contribution in [0.4, 0.5) is 0 Å². The number of hydrogen-bond donors (Lipinski definition) is 1. The fourth-order valence-corrected chi connectivity index (χ4v) is 2.12. The molecule has 2 N–H and O–H groups in total. The molecular formula is C14H21ClN2O3. The van der Waals surface area contributed by atoms with Crippen LogP contribution in [-0.4, -0.2) is 37.6 Å². The number of methoxy groups -OCH3 is 1. The van der Waals surface area contributed by atoms with Gasteiger partial charge in [0.1, 0.15) is 0 Å². The monoisotopic (exact) mass is 300 g/mol. The Morgan fingerprint density at radius 3 is 2.50 bits per heavy atom. The normalized spacial score (nSPS) is 10.2. The number of amides is 1. The molecule has 0 spiro atoms. The van der Waals surface area contributed by atoms with Gasteiger partial charge in [0.05, 0.1) is 12.1 Å². The van der Waals surface area contributed by atoms with E-state index >= 15 is 0 Å². The Kier molecular flexibility index (Phi) is 6.61. The second kappa shape index (κ2) is 7.97. The summed E-state index contributed by atoms with van der Waals surface area (Å²) >= 11 is 6.14. The number of hydrogen-bond acceptors (Lipinski definition) is 4. The van der Waals surface area contributed by atoms with Crippen LogP contribution in [0.25, 0.3) is 0 Å². The molecule has 0 aliphatic rings. The van der Waals surface area contributed by atoms with Crippen LogP contribution >= 0.6 is 11.6 Å². The van der Waals surface area contributed by atoms with Crippen molar-refractivity contribution in [3.8, 4) is 11.5 Å². The first-order valence-corrected chi connectivity index (χ1v) is 6.92. The van der Waals surface area contributed by atoms with Crippen molar-refractivity contribution in [2.45, 2.75) is 20.4 Å². The van der Waals surface area contributed by atoms with Gasteiger partial charge in [-0.05, 0) is 31.5 Å². The van der Waals surface area contributed by atoms with E-state index in [4.69, 9.17) is 26.8 Å². The number of likely N-dealkylation sites (N-methyl/N-ethyl adjacent to an activating group) is 1. The molecule has 112 valence electrons. The molecule has 0 fully saturated rings. The highest BCUT2D eigenvalue weighted by atomic mass is 35.5. The first kappa shape index (κ1) is 16.6. The lowest BCUT2D eigenvalue weighted by Crippen LogP contribution is -2.34. The average Bonchev–Trinajstić information content (AvgIpc) is 2.46. The molecule has 1 rings (SSSR count). The Hall–Kier alpha value is -1.46. The molecule has 0 heterocycles. The lowest BCUT2D eigenvalue weighted by atomic mass is 10.2. The van der Waals surface area contributed by atoms with E-state index in [0.29, 0.717) is 36.2 Å². The summed E-state index contributed by atoms with van der Waals surface area (Å²) in [7, 11) is 1.52. The SMILES string of the molecule is CCN(CC)C(=O)COc1c(Cl)cc(CN)cc1OC. The largest absolute Gasteiger partial charge is 0.493 e. The number of benzene rings is 1. The van der Waals surface area contributed by atoms with E-state index in [2.05, 4.69) is 0 Å². The summed E-state index contributed by atoms with van der Waals surface area (Å²) in [5.74, 6) is 0.758. The van der Waals surface area contributed by atoms with Gasteiger partial charge < -0.3 is 20.1 Å². The third-order valence-electron chi connectivity index (χ3n) is 2.98. The highest BCUT2D eigenvalue weighted by molar-refractivity contribution is 6.32. The first-order valence-electron chi connectivity index (χ1n) is 6.54. The van der Waals surface area contributed by atoms with Crippen LogP contribution in [0, 0.1) is 0 Å². The summed E-state index contributed by atoms with van der Waals surface area (Å²) in [6, 6.07) is 3.46. The molecule has 0 saturated carbocycles. The highest BCUT2D eigenvalue weighted by Crippen LogP contribution is 2.36. The predicted molar refractivity (Wildman–Crippen MR) is 79.3 cm³/mol. The number of rotatable bonds is 7. The van der Waals surface area contributed by atoms with Gasteiger partial charge in [-0.3, -0.25) is 4.79 Å². The van der Waals surface area contributed by atoms with Crippen LogP contribution in [0.15, 0.2) is 12.1 Å². The van der Waals surface area contributed by atoms with Crippen LogP contribution in [-0.2, 0) is 11.3 Å². The van der Waals surface area contributed by atoms with E-state index in [0.717, 1.165) is 5.56 Å². The number of halogens is 1. The van der Waals surface area contributed by atoms with Crippen LogP contribution in [0.5, 0.6) is 11.5 Å². The second-order valence-corrected chi connectivity index (χ2v) is 4.58. The van der Waals surface area contributed by atoms with Crippen molar-refractivity contribution in [3.63, 3.8) is 0 Å². The van der Waals surface area contributed by atoms with Crippen molar-refractivity contribution in [3.05, 3.63) is 22.7 Å². The lowest BCUT2D eigenvalue weighted by Gasteiger charge is -2.19. The fourth-order valence-electron chi connectivity index (χ4n) is 1.83. The number of ether oxygens (including phenoxy) is 2. The van der Waals surface area contributed by atoms with E-state index in [9.17, 15) is 4.79 Å². The van der Waals surface area contributed by atoms with E-state index < -0.39 is 0 Å². The minimum absolute atomic E-state index is 0.0697. The van der Waals surface area contributed by atoms with Gasteiger partial charge in [-0.2, -0.15) is 0 Å². The number of carbonyl (C=O) groups excluding carboxylic acids is 1. The Morgan fingerprint density at radius 2 is 2.00 bits per heavy atom. The third kappa shape index (κ3) is 4.02. The van der Waals surface area contributed by atoms with Crippen molar-refractivity contribution in [1.82, 2.24) is 4.90 Å². The molecule has 0 saturated heterocycles. The Bertz CT molecular complexity index is 462. The highest BCUT2D eigenvalue weighted by Gasteiger charge is 2.15. The van der Waals surface area contributed by atoms with E-state index in [1.807, 2.05) is 13.8 Å². The third-order valence-corrected chi connectivity index (χ3v) is 3.26. The van der Waals surface area contributed by atoms with Crippen molar-refractivity contribution in [1.29, 1.82) is 0 Å². The van der Waals surface area contributed by atoms with Gasteiger partial charge in [-0.25, -0.2) is 0 Å². The molecule has 0 atom stereocenters. The summed E-state index contributed by atoms with van der Waals surface area (Å²) in [5.41, 5.74) is 6.42. The molecule has 0 aliphatic carbocycles. The summed E-state index contributed by atoms with van der Waals surface area (Å²) in [5, 5.41) is 0.386. The maximum absolute atomic E-state index is 11.9. The van der Waals surface area contributed by atoms with Crippen molar-refractivity contribution in [2.75, 3.05) is 26.8 Å².